The van der Waals surface area contributed by atoms with Crippen LogP contribution in [0.2, 0.25) is 0 Å². The molecule has 0 radical (unpaired) electrons. The van der Waals surface area contributed by atoms with Crippen molar-refractivity contribution < 1.29 is 17.6 Å². The summed E-state index contributed by atoms with van der Waals surface area (Å²) in [6, 6.07) is 3.69. The van der Waals surface area contributed by atoms with Gasteiger partial charge in [-0.05, 0) is 11.4 Å². The lowest BCUT2D eigenvalue weighted by Gasteiger charge is -2.08. The van der Waals surface area contributed by atoms with Crippen LogP contribution in [0.4, 0.5) is 23.2 Å². The molecule has 1 nitrogen and oxygen atoms in total. The fourth-order valence-electron chi connectivity index (χ4n) is 1.32. The van der Waals surface area contributed by atoms with E-state index in [4.69, 9.17) is 0 Å². The Morgan fingerprint density at radius 1 is 1.06 bits per heavy atom. The highest BCUT2D eigenvalue weighted by molar-refractivity contribution is 7.09. The third kappa shape index (κ3) is 2.41. The first-order valence-corrected chi connectivity index (χ1v) is 5.57. The molecule has 0 unspecified atom stereocenters. The van der Waals surface area contributed by atoms with Crippen LogP contribution in [0.3, 0.4) is 0 Å². The highest BCUT2D eigenvalue weighted by Crippen LogP contribution is 2.25. The van der Waals surface area contributed by atoms with E-state index in [9.17, 15) is 17.6 Å². The molecule has 0 bridgehead atoms. The fraction of sp³-hybridized carbons (Fsp3) is 0.0909. The summed E-state index contributed by atoms with van der Waals surface area (Å²) in [7, 11) is 0. The number of halogens is 4. The van der Waals surface area contributed by atoms with Crippen LogP contribution in [0.5, 0.6) is 0 Å². The molecule has 6 heteroatoms. The van der Waals surface area contributed by atoms with Crippen molar-refractivity contribution in [2.75, 3.05) is 5.32 Å². The van der Waals surface area contributed by atoms with Gasteiger partial charge in [-0.3, -0.25) is 0 Å². The molecule has 0 fully saturated rings. The maximum atomic E-state index is 13.2. The summed E-state index contributed by atoms with van der Waals surface area (Å²) in [6.07, 6.45) is 0. The second kappa shape index (κ2) is 4.75. The van der Waals surface area contributed by atoms with E-state index in [0.29, 0.717) is 0 Å². The minimum Gasteiger partial charge on any atom is -0.375 e. The van der Waals surface area contributed by atoms with Gasteiger partial charge < -0.3 is 5.32 Å². The van der Waals surface area contributed by atoms with Crippen LogP contribution in [-0.4, -0.2) is 0 Å². The molecule has 0 aliphatic carbocycles. The largest absolute Gasteiger partial charge is 0.375 e. The van der Waals surface area contributed by atoms with Crippen molar-refractivity contribution in [2.24, 2.45) is 0 Å². The maximum absolute atomic E-state index is 13.2. The topological polar surface area (TPSA) is 12.0 Å². The van der Waals surface area contributed by atoms with Crippen LogP contribution in [0, 0.1) is 23.3 Å². The van der Waals surface area contributed by atoms with Crippen LogP contribution in [0.25, 0.3) is 0 Å². The smallest absolute Gasteiger partial charge is 0.185 e. The summed E-state index contributed by atoms with van der Waals surface area (Å²) in [4.78, 5) is 0.800. The van der Waals surface area contributed by atoms with E-state index in [1.165, 1.54) is 11.3 Å². The molecule has 1 N–H and O–H groups in total. The zero-order chi connectivity index (χ0) is 12.4. The van der Waals surface area contributed by atoms with Gasteiger partial charge in [0.05, 0.1) is 0 Å². The molecule has 0 saturated heterocycles. The monoisotopic (exact) mass is 261 g/mol. The quantitative estimate of drug-likeness (QED) is 0.652. The summed E-state index contributed by atoms with van der Waals surface area (Å²) in [5.41, 5.74) is -0.782. The molecule has 0 saturated carbocycles. The van der Waals surface area contributed by atoms with Crippen molar-refractivity contribution in [1.82, 2.24) is 0 Å². The van der Waals surface area contributed by atoms with Crippen molar-refractivity contribution in [2.45, 2.75) is 6.54 Å². The van der Waals surface area contributed by atoms with Gasteiger partial charge in [0, 0.05) is 17.5 Å². The second-order valence-electron chi connectivity index (χ2n) is 3.28. The Morgan fingerprint density at radius 2 is 1.71 bits per heavy atom. The van der Waals surface area contributed by atoms with Crippen molar-refractivity contribution >= 4 is 17.0 Å². The maximum Gasteiger partial charge on any atom is 0.185 e. The summed E-state index contributed by atoms with van der Waals surface area (Å²) in [5, 5.41) is 4.13. The fourth-order valence-corrected chi connectivity index (χ4v) is 1.96. The van der Waals surface area contributed by atoms with Gasteiger partial charge in [0.2, 0.25) is 0 Å². The van der Waals surface area contributed by atoms with Gasteiger partial charge >= 0.3 is 0 Å². The van der Waals surface area contributed by atoms with Crippen molar-refractivity contribution in [3.63, 3.8) is 0 Å². The summed E-state index contributed by atoms with van der Waals surface area (Å²) in [6.45, 7) is 0.106. The van der Waals surface area contributed by atoms with E-state index < -0.39 is 29.0 Å². The van der Waals surface area contributed by atoms with Crippen molar-refractivity contribution in [1.29, 1.82) is 0 Å². The van der Waals surface area contributed by atoms with E-state index in [2.05, 4.69) is 5.32 Å². The molecular formula is C11H7F4NS. The average Bonchev–Trinajstić information content (AvgIpc) is 2.79. The number of hydrogen-bond acceptors (Lipinski definition) is 2. The Kier molecular flexibility index (Phi) is 3.33. The lowest BCUT2D eigenvalue weighted by molar-refractivity contribution is 0.458. The summed E-state index contributed by atoms with van der Waals surface area (Å²) < 4.78 is 52.2. The number of thiophene rings is 1. The van der Waals surface area contributed by atoms with Gasteiger partial charge in [0.25, 0.3) is 0 Å². The normalized spacial score (nSPS) is 10.6. The predicted octanol–water partition coefficient (Wildman–Crippen LogP) is 3.92. The summed E-state index contributed by atoms with van der Waals surface area (Å²) >= 11 is 1.37. The molecule has 17 heavy (non-hydrogen) atoms. The number of anilines is 1. The highest BCUT2D eigenvalue weighted by atomic mass is 32.1. The van der Waals surface area contributed by atoms with E-state index in [0.717, 1.165) is 4.88 Å². The van der Waals surface area contributed by atoms with Crippen LogP contribution >= 0.6 is 11.3 Å². The van der Waals surface area contributed by atoms with Gasteiger partial charge in [-0.2, -0.15) is 0 Å². The minimum absolute atomic E-state index is 0.106. The average molecular weight is 261 g/mol. The molecule has 0 aliphatic rings. The Hall–Kier alpha value is -1.56. The zero-order valence-corrected chi connectivity index (χ0v) is 9.25. The molecule has 0 spiro atoms. The first-order valence-electron chi connectivity index (χ1n) is 4.69. The zero-order valence-electron chi connectivity index (χ0n) is 8.44. The molecule has 0 aliphatic heterocycles. The Balaban J connectivity index is 2.26. The molecule has 2 aromatic rings. The van der Waals surface area contributed by atoms with E-state index >= 15 is 0 Å². The third-order valence-electron chi connectivity index (χ3n) is 2.13. The Labute approximate surface area is 98.7 Å². The number of nitrogens with one attached hydrogen (secondary N) is 1. The second-order valence-corrected chi connectivity index (χ2v) is 4.31. The lowest BCUT2D eigenvalue weighted by Crippen LogP contribution is -2.06. The molecule has 2 rings (SSSR count). The summed E-state index contributed by atoms with van der Waals surface area (Å²) in [5.74, 6) is -5.67. The standard InChI is InChI=1S/C11H7F4NS/c12-7-4-8(13)10(15)11(9(7)14)16-5-6-2-1-3-17-6/h1-4,16H,5H2. The first-order chi connectivity index (χ1) is 8.09. The van der Waals surface area contributed by atoms with Gasteiger partial charge in [-0.15, -0.1) is 11.3 Å². The van der Waals surface area contributed by atoms with Crippen LogP contribution in [0.15, 0.2) is 23.6 Å². The predicted molar refractivity (Wildman–Crippen MR) is 57.9 cm³/mol. The Morgan fingerprint density at radius 3 is 2.24 bits per heavy atom. The molecule has 0 amide bonds. The first kappa shape index (κ1) is 11.9. The number of rotatable bonds is 3. The van der Waals surface area contributed by atoms with Crippen LogP contribution in [-0.2, 0) is 6.54 Å². The van der Waals surface area contributed by atoms with Crippen LogP contribution < -0.4 is 5.32 Å². The van der Waals surface area contributed by atoms with Gasteiger partial charge in [-0.25, -0.2) is 17.6 Å². The highest BCUT2D eigenvalue weighted by Gasteiger charge is 2.18. The number of hydrogen-bond donors (Lipinski definition) is 1. The molecule has 1 aromatic heterocycles. The van der Waals surface area contributed by atoms with Gasteiger partial charge in [-0.1, -0.05) is 6.07 Å². The van der Waals surface area contributed by atoms with Gasteiger partial charge in [0.1, 0.15) is 5.69 Å². The van der Waals surface area contributed by atoms with E-state index in [1.54, 1.807) is 17.5 Å². The van der Waals surface area contributed by atoms with Crippen molar-refractivity contribution in [3.05, 3.63) is 51.7 Å². The molecule has 0 atom stereocenters. The van der Waals surface area contributed by atoms with E-state index in [-0.39, 0.29) is 12.6 Å². The lowest BCUT2D eigenvalue weighted by atomic mass is 10.2. The minimum atomic E-state index is -1.42. The molecule has 1 heterocycles. The van der Waals surface area contributed by atoms with Gasteiger partial charge in [0.15, 0.2) is 23.3 Å². The molecule has 90 valence electrons. The Bertz CT molecular complexity index is 499. The van der Waals surface area contributed by atoms with E-state index in [1.807, 2.05) is 0 Å². The SMILES string of the molecule is Fc1cc(F)c(F)c(NCc2cccs2)c1F. The van der Waals surface area contributed by atoms with Crippen molar-refractivity contribution in [3.8, 4) is 0 Å². The molecular weight excluding hydrogens is 254 g/mol. The van der Waals surface area contributed by atoms with Crippen LogP contribution in [0.1, 0.15) is 4.88 Å². The molecule has 1 aromatic carbocycles. The number of benzene rings is 1. The third-order valence-corrected chi connectivity index (χ3v) is 3.01.